The lowest BCUT2D eigenvalue weighted by atomic mass is 10.1. The van der Waals surface area contributed by atoms with Crippen LogP contribution in [0, 0.1) is 5.92 Å². The molecule has 0 aliphatic carbocycles. The van der Waals surface area contributed by atoms with Gasteiger partial charge in [-0.15, -0.1) is 11.3 Å². The first-order valence-electron chi connectivity index (χ1n) is 6.61. The van der Waals surface area contributed by atoms with E-state index in [2.05, 4.69) is 24.1 Å². The van der Waals surface area contributed by atoms with Crippen molar-refractivity contribution < 1.29 is 4.74 Å². The molecule has 1 heterocycles. The molecule has 5 heteroatoms. The summed E-state index contributed by atoms with van der Waals surface area (Å²) in [6.45, 7) is 6.68. The van der Waals surface area contributed by atoms with E-state index >= 15 is 0 Å². The third-order valence-corrected chi connectivity index (χ3v) is 3.74. The van der Waals surface area contributed by atoms with Gasteiger partial charge >= 0.3 is 0 Å². The molecule has 0 atom stereocenters. The highest BCUT2D eigenvalue weighted by molar-refractivity contribution is 7.16. The molecule has 0 saturated heterocycles. The first kappa shape index (κ1) is 14.1. The average Bonchev–Trinajstić information content (AvgIpc) is 2.84. The van der Waals surface area contributed by atoms with Gasteiger partial charge in [0, 0.05) is 13.2 Å². The highest BCUT2D eigenvalue weighted by atomic mass is 32.1. The molecule has 0 bridgehead atoms. The van der Waals surface area contributed by atoms with E-state index in [1.165, 1.54) is 0 Å². The number of thiazole rings is 1. The molecule has 1 aromatic heterocycles. The molecule has 4 nitrogen and oxygen atoms in total. The van der Waals surface area contributed by atoms with Crippen LogP contribution in [0.1, 0.15) is 20.3 Å². The van der Waals surface area contributed by atoms with Crippen molar-refractivity contribution in [1.29, 1.82) is 0 Å². The predicted molar refractivity (Wildman–Crippen MR) is 82.8 cm³/mol. The van der Waals surface area contributed by atoms with Crippen LogP contribution < -0.4 is 11.1 Å². The number of nitrogens with zero attached hydrogens (tertiary/aromatic N) is 1. The lowest BCUT2D eigenvalue weighted by Crippen LogP contribution is -2.12. The second-order valence-corrected chi connectivity index (χ2v) is 5.83. The Morgan fingerprint density at radius 2 is 2.21 bits per heavy atom. The molecule has 0 aliphatic heterocycles. The Bertz CT molecular complexity index is 524. The summed E-state index contributed by atoms with van der Waals surface area (Å²) in [5, 5.41) is 3.30. The average molecular weight is 279 g/mol. The molecular formula is C14H21N3OS. The number of rotatable bonds is 7. The SMILES string of the molecule is CC(C)CCOCCNc1ccc2scnc2c1N. The predicted octanol–water partition coefficient (Wildman–Crippen LogP) is 3.35. The van der Waals surface area contributed by atoms with Crippen molar-refractivity contribution in [3.8, 4) is 0 Å². The third-order valence-electron chi connectivity index (χ3n) is 2.94. The van der Waals surface area contributed by atoms with E-state index in [4.69, 9.17) is 10.5 Å². The van der Waals surface area contributed by atoms with Gasteiger partial charge in [0.1, 0.15) is 5.52 Å². The zero-order valence-corrected chi connectivity index (χ0v) is 12.3. The smallest absolute Gasteiger partial charge is 0.106 e. The molecule has 104 valence electrons. The number of aromatic nitrogens is 1. The maximum Gasteiger partial charge on any atom is 0.106 e. The second kappa shape index (κ2) is 6.73. The van der Waals surface area contributed by atoms with E-state index in [0.717, 1.165) is 41.2 Å². The summed E-state index contributed by atoms with van der Waals surface area (Å²) in [4.78, 5) is 4.28. The van der Waals surface area contributed by atoms with Crippen molar-refractivity contribution in [2.24, 2.45) is 5.92 Å². The molecule has 2 aromatic rings. The molecule has 19 heavy (non-hydrogen) atoms. The van der Waals surface area contributed by atoms with Gasteiger partial charge in [-0.25, -0.2) is 4.98 Å². The summed E-state index contributed by atoms with van der Waals surface area (Å²) in [6.07, 6.45) is 1.10. The molecule has 0 amide bonds. The molecule has 0 saturated carbocycles. The van der Waals surface area contributed by atoms with Gasteiger partial charge in [0.2, 0.25) is 0 Å². The van der Waals surface area contributed by atoms with E-state index < -0.39 is 0 Å². The number of fused-ring (bicyclic) bond motifs is 1. The monoisotopic (exact) mass is 279 g/mol. The fourth-order valence-corrected chi connectivity index (χ4v) is 2.48. The van der Waals surface area contributed by atoms with E-state index in [1.54, 1.807) is 11.3 Å². The lowest BCUT2D eigenvalue weighted by Gasteiger charge is -2.10. The van der Waals surface area contributed by atoms with Crippen molar-refractivity contribution in [2.75, 3.05) is 30.8 Å². The van der Waals surface area contributed by atoms with Crippen molar-refractivity contribution in [3.63, 3.8) is 0 Å². The van der Waals surface area contributed by atoms with Gasteiger partial charge in [-0.05, 0) is 24.5 Å². The number of benzene rings is 1. The molecule has 0 radical (unpaired) electrons. The quantitative estimate of drug-likeness (QED) is 0.602. The third kappa shape index (κ3) is 3.81. The summed E-state index contributed by atoms with van der Waals surface area (Å²) >= 11 is 1.60. The molecule has 0 fully saturated rings. The molecule has 1 aromatic carbocycles. The van der Waals surface area contributed by atoms with E-state index in [-0.39, 0.29) is 0 Å². The Balaban J connectivity index is 1.80. The summed E-state index contributed by atoms with van der Waals surface area (Å²) in [7, 11) is 0. The first-order valence-corrected chi connectivity index (χ1v) is 7.49. The van der Waals surface area contributed by atoms with Gasteiger partial charge < -0.3 is 15.8 Å². The van der Waals surface area contributed by atoms with Crippen molar-refractivity contribution in [1.82, 2.24) is 4.98 Å². The molecule has 0 unspecified atom stereocenters. The fourth-order valence-electron chi connectivity index (χ4n) is 1.79. The van der Waals surface area contributed by atoms with Crippen LogP contribution in [0.4, 0.5) is 11.4 Å². The molecule has 0 aliphatic rings. The van der Waals surface area contributed by atoms with Crippen LogP contribution in [-0.2, 0) is 4.74 Å². The summed E-state index contributed by atoms with van der Waals surface area (Å²) in [5.41, 5.74) is 10.4. The number of nitrogen functional groups attached to an aromatic ring is 1. The Labute approximate surface area is 118 Å². The van der Waals surface area contributed by atoms with Crippen LogP contribution in [0.25, 0.3) is 10.2 Å². The van der Waals surface area contributed by atoms with Crippen molar-refractivity contribution in [3.05, 3.63) is 17.6 Å². The van der Waals surface area contributed by atoms with Crippen LogP contribution in [0.3, 0.4) is 0 Å². The van der Waals surface area contributed by atoms with Crippen LogP contribution in [0.5, 0.6) is 0 Å². The summed E-state index contributed by atoms with van der Waals surface area (Å²) in [5.74, 6) is 0.690. The molecule has 3 N–H and O–H groups in total. The number of ether oxygens (including phenoxy) is 1. The number of nitrogens with one attached hydrogen (secondary N) is 1. The highest BCUT2D eigenvalue weighted by Crippen LogP contribution is 2.29. The van der Waals surface area contributed by atoms with Gasteiger partial charge in [0.25, 0.3) is 0 Å². The van der Waals surface area contributed by atoms with Crippen LogP contribution in [-0.4, -0.2) is 24.7 Å². The second-order valence-electron chi connectivity index (χ2n) is 4.95. The van der Waals surface area contributed by atoms with Crippen molar-refractivity contribution >= 4 is 32.9 Å². The van der Waals surface area contributed by atoms with Crippen molar-refractivity contribution in [2.45, 2.75) is 20.3 Å². The van der Waals surface area contributed by atoms with Crippen LogP contribution in [0.2, 0.25) is 0 Å². The maximum atomic E-state index is 6.08. The number of hydrogen-bond donors (Lipinski definition) is 2. The first-order chi connectivity index (χ1) is 9.18. The van der Waals surface area contributed by atoms with E-state index in [0.29, 0.717) is 12.5 Å². The summed E-state index contributed by atoms with van der Waals surface area (Å²) < 4.78 is 6.68. The lowest BCUT2D eigenvalue weighted by molar-refractivity contribution is 0.133. The van der Waals surface area contributed by atoms with Crippen LogP contribution in [0.15, 0.2) is 17.6 Å². The minimum atomic E-state index is 0.690. The largest absolute Gasteiger partial charge is 0.395 e. The molecule has 2 rings (SSSR count). The van der Waals surface area contributed by atoms with Gasteiger partial charge in [0.05, 0.1) is 28.2 Å². The van der Waals surface area contributed by atoms with E-state index in [1.807, 2.05) is 17.6 Å². The van der Waals surface area contributed by atoms with Gasteiger partial charge in [-0.1, -0.05) is 13.8 Å². The standard InChI is InChI=1S/C14H21N3OS/c1-10(2)5-7-18-8-6-16-11-3-4-12-14(13(11)15)17-9-19-12/h3-4,9-10,16H,5-8,15H2,1-2H3. The fraction of sp³-hybridized carbons (Fsp3) is 0.500. The molecule has 0 spiro atoms. The minimum absolute atomic E-state index is 0.690. The highest BCUT2D eigenvalue weighted by Gasteiger charge is 2.06. The van der Waals surface area contributed by atoms with Gasteiger partial charge in [0.15, 0.2) is 0 Å². The minimum Gasteiger partial charge on any atom is -0.395 e. The normalized spacial score (nSPS) is 11.3. The Hall–Kier alpha value is -1.33. The number of hydrogen-bond acceptors (Lipinski definition) is 5. The number of anilines is 2. The Kier molecular flexibility index (Phi) is 4.99. The number of nitrogens with two attached hydrogens (primary N) is 1. The zero-order valence-electron chi connectivity index (χ0n) is 11.5. The summed E-state index contributed by atoms with van der Waals surface area (Å²) in [6, 6.07) is 4.05. The van der Waals surface area contributed by atoms with Gasteiger partial charge in [-0.2, -0.15) is 0 Å². The van der Waals surface area contributed by atoms with Crippen LogP contribution >= 0.6 is 11.3 Å². The zero-order chi connectivity index (χ0) is 13.7. The topological polar surface area (TPSA) is 60.2 Å². The van der Waals surface area contributed by atoms with Gasteiger partial charge in [-0.3, -0.25) is 0 Å². The Morgan fingerprint density at radius 3 is 3.00 bits per heavy atom. The molecular weight excluding hydrogens is 258 g/mol. The van der Waals surface area contributed by atoms with E-state index in [9.17, 15) is 0 Å². The maximum absolute atomic E-state index is 6.08. The Morgan fingerprint density at radius 1 is 1.37 bits per heavy atom.